The van der Waals surface area contributed by atoms with E-state index in [1.54, 1.807) is 0 Å². The van der Waals surface area contributed by atoms with Crippen molar-refractivity contribution in [3.63, 3.8) is 0 Å². The van der Waals surface area contributed by atoms with E-state index in [1.165, 1.54) is 347 Å². The maximum Gasteiger partial charge on any atom is 6.00 e. The van der Waals surface area contributed by atoms with Gasteiger partial charge in [-0.25, -0.2) is 0 Å². The third-order valence-electron chi connectivity index (χ3n) is 18.9. The summed E-state index contributed by atoms with van der Waals surface area (Å²) in [5, 5.41) is 18.4. The van der Waals surface area contributed by atoms with Crippen LogP contribution in [0.5, 0.6) is 0 Å². The summed E-state index contributed by atoms with van der Waals surface area (Å²) >= 11 is 74.9. The molecule has 0 saturated carbocycles. The van der Waals surface area contributed by atoms with Crippen molar-refractivity contribution in [2.24, 2.45) is 35.5 Å². The number of thiocarbonyl (C=S) groups is 6. The molecular weight excluding hydrogens is 1860 g/mol. The molecule has 6 N–H and O–H groups in total. The van der Waals surface area contributed by atoms with Crippen LogP contribution in [0.25, 0.3) is 0 Å². The molecule has 6 atom stereocenters. The van der Waals surface area contributed by atoms with E-state index < -0.39 is 0 Å². The molecule has 0 aromatic heterocycles. The molecule has 0 aliphatic carbocycles. The molecule has 0 amide bonds. The first-order chi connectivity index (χ1) is 55.0. The minimum atomic E-state index is 0. The first kappa shape index (κ1) is 145. The molecule has 12 nitrogen and oxygen atoms in total. The van der Waals surface area contributed by atoms with Gasteiger partial charge in [0.1, 0.15) is 0 Å². The van der Waals surface area contributed by atoms with Crippen LogP contribution in [0.2, 0.25) is 0 Å². The zero-order valence-corrected chi connectivity index (χ0v) is 90.8. The van der Waals surface area contributed by atoms with Crippen molar-refractivity contribution in [1.82, 2.24) is 31.9 Å². The van der Waals surface area contributed by atoms with Gasteiger partial charge in [0.05, 0.1) is 0 Å². The number of rotatable bonds is 66. The van der Waals surface area contributed by atoms with Crippen molar-refractivity contribution < 1.29 is 46.3 Å². The molecule has 6 unspecified atom stereocenters. The summed E-state index contributed by atoms with van der Waals surface area (Å²) in [6.45, 7) is 32.9. The molecule has 0 aliphatic rings. The van der Waals surface area contributed by atoms with E-state index in [0.29, 0.717) is 61.4 Å². The fraction of sp³-hybridized carbons (Fsp3) is 0.929. The normalized spacial score (nSPS) is 11.2. The predicted molar refractivity (Wildman–Crippen MR) is 555 cm³/mol. The van der Waals surface area contributed by atoms with E-state index >= 15 is 0 Å². The van der Waals surface area contributed by atoms with Crippen molar-refractivity contribution >= 4 is 250 Å². The second-order valence-electron chi connectivity index (χ2n) is 30.2. The molecule has 0 aromatic carbocycles. The molecule has 0 saturated heterocycles. The molecule has 115 heavy (non-hydrogen) atoms. The second kappa shape index (κ2) is 141. The van der Waals surface area contributed by atoms with Gasteiger partial charge in [0.15, 0.2) is 75.2 Å². The summed E-state index contributed by atoms with van der Waals surface area (Å²) < 4.78 is 50.0. The zero-order valence-electron chi connectivity index (χ0n) is 74.1. The third-order valence-corrected chi connectivity index (χ3v) is 20.6. The van der Waals surface area contributed by atoms with Crippen LogP contribution in [0.15, 0.2) is 0 Å². The molecule has 0 radical (unpaired) electrons. The van der Waals surface area contributed by atoms with E-state index in [9.17, 15) is 0 Å². The number of hydrogen-bond donors (Lipinski definition) is 6. The smallest absolute Gasteiger partial charge is 0.412 e. The maximum atomic E-state index is 7.83. The summed E-state index contributed by atoms with van der Waals surface area (Å²) in [6.07, 6.45) is 74.7. The Bertz CT molecular complexity index is 1550. The van der Waals surface area contributed by atoms with Gasteiger partial charge in [-0.3, -0.25) is 0 Å². The molecule has 0 heterocycles. The molecule has 0 bridgehead atoms. The van der Waals surface area contributed by atoms with Crippen LogP contribution in [-0.2, 0) is 172 Å². The van der Waals surface area contributed by atoms with Crippen LogP contribution < -0.4 is 31.9 Å². The van der Waals surface area contributed by atoms with Crippen molar-refractivity contribution in [3.05, 3.63) is 0 Å². The predicted octanol–water partition coefficient (Wildman–Crippen LogP) is 25.4. The van der Waals surface area contributed by atoms with Crippen molar-refractivity contribution in [2.45, 2.75) is 430 Å². The van der Waals surface area contributed by atoms with Crippen LogP contribution in [-0.4, -0.2) is 90.4 Å². The van der Waals surface area contributed by atoms with E-state index in [2.05, 4.69) is 190 Å². The van der Waals surface area contributed by atoms with E-state index in [4.69, 9.17) is 174 Å². The van der Waals surface area contributed by atoms with E-state index in [1.807, 2.05) is 0 Å². The average molecular weight is 2030 g/mol. The van der Waals surface area contributed by atoms with Gasteiger partial charge in [-0.2, -0.15) is 25.3 Å². The topological polar surface area (TPSA) is 175 Å². The first-order valence-electron chi connectivity index (χ1n) is 43.7. The van der Waals surface area contributed by atoms with Gasteiger partial charge < -0.3 is 181 Å². The molecule has 0 rings (SSSR count). The summed E-state index contributed by atoms with van der Waals surface area (Å²) in [5.74, 6) is 4.14. The summed E-state index contributed by atoms with van der Waals surface area (Å²) in [5.41, 5.74) is 0. The Kier molecular flexibility index (Phi) is 178. The van der Waals surface area contributed by atoms with Crippen molar-refractivity contribution in [2.75, 3.05) is 39.3 Å². The number of unbranched alkanes of at least 4 members (excludes halogenated alkanes) is 42. The molecule has 0 aliphatic heterocycles. The van der Waals surface area contributed by atoms with E-state index in [0.717, 1.165) is 39.3 Å². The molecule has 684 valence electrons. The largest absolute Gasteiger partial charge is 6.00 e. The third kappa shape index (κ3) is 178. The van der Waals surface area contributed by atoms with Gasteiger partial charge in [-0.15, -0.1) is 0 Å². The maximum absolute atomic E-state index is 7.83. The molecule has 0 spiro atoms. The molecular formula is C84H168MoN6O6S18. The van der Waals surface area contributed by atoms with Gasteiger partial charge in [-0.1, -0.05) is 417 Å². The SMILES string of the molecule is CCCCCCCCCCC(C)CNC(=S)[S-].CCCCCCCCCCC(C)CNC(=S)[S-].CCCCCCCCCCC(C)CNC(=S)[S-].CCCCCCCCCCC(C)CNC(=S)[S-].CCCCCCCCCCC(C)CNC(=S)[S-].CCCCCCCCCCC(C)CNC(=S)[S-].O=S.O=S.O=S.O=S.O=S.O=S.[Mo+6]. The quantitative estimate of drug-likeness (QED) is 0.0147. The first-order valence-corrected chi connectivity index (χ1v) is 50.6. The van der Waals surface area contributed by atoms with Gasteiger partial charge in [0.25, 0.3) is 0 Å². The van der Waals surface area contributed by atoms with Gasteiger partial charge >= 0.3 is 21.1 Å². The fourth-order valence-corrected chi connectivity index (χ4v) is 12.9. The average Bonchev–Trinajstić information content (AvgIpc) is 1.15. The standard InChI is InChI=1S/6C14H29NS2.Mo.6OS/c6*1-3-4-5-6-7-8-9-10-11-13(2)12-15-14(16)17;;6*1-2/h6*13H,3-12H2,1-2H3,(H2,15,16,17);;;;;;;/q;;;;;;+6;;;;;;/p-6. The van der Waals surface area contributed by atoms with Gasteiger partial charge in [0.2, 0.25) is 0 Å². The van der Waals surface area contributed by atoms with Crippen molar-refractivity contribution in [1.29, 1.82) is 0 Å². The monoisotopic (exact) mass is 2030 g/mol. The minimum absolute atomic E-state index is 0. The molecule has 0 aromatic rings. The Morgan fingerprint density at radius 2 is 0.261 bits per heavy atom. The van der Waals surface area contributed by atoms with E-state index in [-0.39, 0.29) is 21.1 Å². The van der Waals surface area contributed by atoms with Crippen molar-refractivity contribution in [3.8, 4) is 0 Å². The second-order valence-corrected chi connectivity index (χ2v) is 36.7. The van der Waals surface area contributed by atoms with Crippen LogP contribution in [0.1, 0.15) is 430 Å². The fourth-order valence-electron chi connectivity index (χ4n) is 11.9. The van der Waals surface area contributed by atoms with Gasteiger partial charge in [0, 0.05) is 39.3 Å². The zero-order chi connectivity index (χ0) is 89.6. The Balaban J connectivity index is -0.0000000958. The van der Waals surface area contributed by atoms with Gasteiger partial charge in [-0.05, 0) is 74.0 Å². The Morgan fingerprint density at radius 3 is 0.339 bits per heavy atom. The van der Waals surface area contributed by atoms with Crippen LogP contribution in [0.4, 0.5) is 0 Å². The number of hydrogen-bond acceptors (Lipinski definition) is 24. The minimum Gasteiger partial charge on any atom is -0.412 e. The Hall–Kier alpha value is 1.47. The molecule has 0 fully saturated rings. The van der Waals surface area contributed by atoms with Crippen LogP contribution in [0.3, 0.4) is 0 Å². The number of nitrogens with one attached hydrogen (secondary N) is 6. The van der Waals surface area contributed by atoms with Crippen LogP contribution >= 0.6 is 73.3 Å². The Morgan fingerprint density at radius 1 is 0.183 bits per heavy atom. The summed E-state index contributed by atoms with van der Waals surface area (Å²) in [4.78, 5) is 0. The molecule has 31 heteroatoms. The van der Waals surface area contributed by atoms with Crippen LogP contribution in [0, 0.1) is 35.5 Å². The Labute approximate surface area is 823 Å². The summed E-state index contributed by atoms with van der Waals surface area (Å²) in [7, 11) is 0. The summed E-state index contributed by atoms with van der Waals surface area (Å²) in [6, 6.07) is 0.